The Bertz CT molecular complexity index is 1190. The van der Waals surface area contributed by atoms with Crippen LogP contribution in [0.15, 0.2) is 66.1 Å². The lowest BCUT2D eigenvalue weighted by molar-refractivity contribution is -0.114. The van der Waals surface area contributed by atoms with Crippen molar-refractivity contribution in [3.05, 3.63) is 60.9 Å². The number of carbonyl (C=O) groups excluding carboxylic acids is 2. The van der Waals surface area contributed by atoms with E-state index in [-0.39, 0.29) is 17.6 Å². The molecule has 150 valence electrons. The molecule has 3 aromatic heterocycles. The summed E-state index contributed by atoms with van der Waals surface area (Å²) in [6.07, 6.45) is 3.41. The zero-order valence-electron chi connectivity index (χ0n) is 15.9. The second-order valence-electron chi connectivity index (χ2n) is 6.30. The summed E-state index contributed by atoms with van der Waals surface area (Å²) in [5, 5.41) is 18.8. The third-order valence-electron chi connectivity index (χ3n) is 4.03. The molecule has 4 rings (SSSR count). The van der Waals surface area contributed by atoms with E-state index < -0.39 is 0 Å². The van der Waals surface area contributed by atoms with E-state index in [2.05, 4.69) is 30.9 Å². The van der Waals surface area contributed by atoms with Crippen LogP contribution in [0.3, 0.4) is 0 Å². The molecule has 0 aliphatic heterocycles. The van der Waals surface area contributed by atoms with Gasteiger partial charge in [-0.1, -0.05) is 11.8 Å². The SMILES string of the molecule is CC(=O)Nc1ccc(NC(=O)CSc2nnc3ccc(-c4ccncc4)nn23)cc1. The number of thioether (sulfide) groups is 1. The fourth-order valence-electron chi connectivity index (χ4n) is 2.70. The number of rotatable bonds is 6. The van der Waals surface area contributed by atoms with Crippen molar-refractivity contribution < 1.29 is 9.59 Å². The van der Waals surface area contributed by atoms with Gasteiger partial charge in [0, 0.05) is 36.3 Å². The monoisotopic (exact) mass is 419 g/mol. The van der Waals surface area contributed by atoms with Crippen LogP contribution in [-0.4, -0.2) is 42.4 Å². The van der Waals surface area contributed by atoms with Crippen molar-refractivity contribution in [2.24, 2.45) is 0 Å². The second kappa shape index (κ2) is 8.70. The highest BCUT2D eigenvalue weighted by Gasteiger charge is 2.12. The molecule has 0 saturated heterocycles. The molecule has 0 spiro atoms. The minimum atomic E-state index is -0.186. The summed E-state index contributed by atoms with van der Waals surface area (Å²) in [4.78, 5) is 27.4. The highest BCUT2D eigenvalue weighted by molar-refractivity contribution is 7.99. The molecule has 0 unspecified atom stereocenters. The first-order valence-corrected chi connectivity index (χ1v) is 10.0. The van der Waals surface area contributed by atoms with Crippen molar-refractivity contribution in [3.63, 3.8) is 0 Å². The number of hydrogen-bond acceptors (Lipinski definition) is 7. The van der Waals surface area contributed by atoms with Gasteiger partial charge in [0.2, 0.25) is 17.0 Å². The molecule has 0 aliphatic carbocycles. The summed E-state index contributed by atoms with van der Waals surface area (Å²) in [5.74, 6) is -0.186. The minimum absolute atomic E-state index is 0.148. The number of fused-ring (bicyclic) bond motifs is 1. The van der Waals surface area contributed by atoms with Crippen molar-refractivity contribution in [1.29, 1.82) is 0 Å². The van der Waals surface area contributed by atoms with E-state index >= 15 is 0 Å². The van der Waals surface area contributed by atoms with E-state index in [1.54, 1.807) is 41.2 Å². The number of pyridine rings is 1. The zero-order chi connectivity index (χ0) is 20.9. The quantitative estimate of drug-likeness (QED) is 0.462. The lowest BCUT2D eigenvalue weighted by Gasteiger charge is -2.07. The van der Waals surface area contributed by atoms with Gasteiger partial charge in [0.25, 0.3) is 0 Å². The van der Waals surface area contributed by atoms with Crippen LogP contribution in [0.4, 0.5) is 11.4 Å². The smallest absolute Gasteiger partial charge is 0.234 e. The van der Waals surface area contributed by atoms with Crippen LogP contribution < -0.4 is 10.6 Å². The third-order valence-corrected chi connectivity index (χ3v) is 4.95. The van der Waals surface area contributed by atoms with Gasteiger partial charge in [-0.2, -0.15) is 9.61 Å². The molecule has 0 radical (unpaired) electrons. The predicted molar refractivity (Wildman–Crippen MR) is 114 cm³/mol. The van der Waals surface area contributed by atoms with Gasteiger partial charge in [0.15, 0.2) is 5.65 Å². The fourth-order valence-corrected chi connectivity index (χ4v) is 3.39. The second-order valence-corrected chi connectivity index (χ2v) is 7.24. The van der Waals surface area contributed by atoms with Gasteiger partial charge in [-0.15, -0.1) is 10.2 Å². The molecular weight excluding hydrogens is 402 g/mol. The Morgan fingerprint density at radius 3 is 2.33 bits per heavy atom. The van der Waals surface area contributed by atoms with Crippen molar-refractivity contribution in [2.75, 3.05) is 16.4 Å². The molecule has 2 amide bonds. The molecule has 10 heteroatoms. The van der Waals surface area contributed by atoms with Crippen molar-refractivity contribution in [3.8, 4) is 11.3 Å². The Morgan fingerprint density at radius 1 is 0.933 bits per heavy atom. The number of benzene rings is 1. The number of nitrogens with one attached hydrogen (secondary N) is 2. The zero-order valence-corrected chi connectivity index (χ0v) is 16.8. The normalized spacial score (nSPS) is 10.7. The molecule has 0 aliphatic rings. The van der Waals surface area contributed by atoms with Gasteiger partial charge < -0.3 is 10.6 Å². The van der Waals surface area contributed by atoms with Crippen LogP contribution in [0.2, 0.25) is 0 Å². The first-order valence-electron chi connectivity index (χ1n) is 9.02. The standard InChI is InChI=1S/C20H17N7O2S/c1-13(28)22-15-2-4-16(5-3-15)23-19(29)12-30-20-25-24-18-7-6-17(26-27(18)20)14-8-10-21-11-9-14/h2-11H,12H2,1H3,(H,22,28)(H,23,29). The molecule has 1 aromatic carbocycles. The molecule has 0 saturated carbocycles. The lowest BCUT2D eigenvalue weighted by atomic mass is 10.2. The number of hydrogen-bond donors (Lipinski definition) is 2. The molecule has 0 bridgehead atoms. The molecule has 9 nitrogen and oxygen atoms in total. The Kier molecular flexibility index (Phi) is 5.66. The van der Waals surface area contributed by atoms with Gasteiger partial charge in [-0.3, -0.25) is 14.6 Å². The maximum Gasteiger partial charge on any atom is 0.234 e. The van der Waals surface area contributed by atoms with Gasteiger partial charge in [0.05, 0.1) is 11.4 Å². The van der Waals surface area contributed by atoms with Crippen LogP contribution in [0.5, 0.6) is 0 Å². The Hall–Kier alpha value is -3.79. The van der Waals surface area contributed by atoms with Crippen LogP contribution in [0, 0.1) is 0 Å². The molecular formula is C20H17N7O2S. The van der Waals surface area contributed by atoms with E-state index in [9.17, 15) is 9.59 Å². The first kappa shape index (κ1) is 19.5. The average Bonchev–Trinajstić information content (AvgIpc) is 3.16. The maximum atomic E-state index is 12.3. The van der Waals surface area contributed by atoms with Crippen LogP contribution in [0.1, 0.15) is 6.92 Å². The third kappa shape index (κ3) is 4.61. The van der Waals surface area contributed by atoms with Crippen LogP contribution >= 0.6 is 11.8 Å². The van der Waals surface area contributed by atoms with Gasteiger partial charge in [-0.05, 0) is 48.5 Å². The lowest BCUT2D eigenvalue weighted by Crippen LogP contribution is -2.14. The number of amides is 2. The largest absolute Gasteiger partial charge is 0.326 e. The van der Waals surface area contributed by atoms with E-state index in [0.717, 1.165) is 11.3 Å². The van der Waals surface area contributed by atoms with Gasteiger partial charge >= 0.3 is 0 Å². The van der Waals surface area contributed by atoms with E-state index in [1.807, 2.05) is 24.3 Å². The molecule has 30 heavy (non-hydrogen) atoms. The summed E-state index contributed by atoms with van der Waals surface area (Å²) >= 11 is 1.24. The molecule has 0 fully saturated rings. The van der Waals surface area contributed by atoms with Gasteiger partial charge in [-0.25, -0.2) is 0 Å². The highest BCUT2D eigenvalue weighted by atomic mass is 32.2. The highest BCUT2D eigenvalue weighted by Crippen LogP contribution is 2.21. The van der Waals surface area contributed by atoms with Crippen LogP contribution in [0.25, 0.3) is 16.9 Å². The number of carbonyl (C=O) groups is 2. The summed E-state index contributed by atoms with van der Waals surface area (Å²) in [7, 11) is 0. The topological polar surface area (TPSA) is 114 Å². The Balaban J connectivity index is 1.42. The molecule has 3 heterocycles. The maximum absolute atomic E-state index is 12.3. The van der Waals surface area contributed by atoms with Crippen molar-refractivity contribution in [2.45, 2.75) is 12.1 Å². The van der Waals surface area contributed by atoms with E-state index in [0.29, 0.717) is 22.2 Å². The van der Waals surface area contributed by atoms with Crippen LogP contribution in [-0.2, 0) is 9.59 Å². The number of nitrogens with zero attached hydrogens (tertiary/aromatic N) is 5. The molecule has 2 N–H and O–H groups in total. The Morgan fingerprint density at radius 2 is 1.63 bits per heavy atom. The average molecular weight is 419 g/mol. The molecule has 4 aromatic rings. The van der Waals surface area contributed by atoms with Gasteiger partial charge in [0.1, 0.15) is 0 Å². The number of aromatic nitrogens is 5. The van der Waals surface area contributed by atoms with Crippen molar-refractivity contribution in [1.82, 2.24) is 24.8 Å². The molecule has 0 atom stereocenters. The fraction of sp³-hybridized carbons (Fsp3) is 0.100. The number of anilines is 2. The Labute approximate surface area is 175 Å². The first-order chi connectivity index (χ1) is 14.6. The summed E-state index contributed by atoms with van der Waals surface area (Å²) < 4.78 is 1.62. The minimum Gasteiger partial charge on any atom is -0.326 e. The predicted octanol–water partition coefficient (Wildman–Crippen LogP) is 2.88. The van der Waals surface area contributed by atoms with Crippen molar-refractivity contribution >= 4 is 40.6 Å². The summed E-state index contributed by atoms with van der Waals surface area (Å²) in [6, 6.07) is 14.3. The van der Waals surface area contributed by atoms with E-state index in [4.69, 9.17) is 0 Å². The van der Waals surface area contributed by atoms with E-state index in [1.165, 1.54) is 18.7 Å². The summed E-state index contributed by atoms with van der Waals surface area (Å²) in [6.45, 7) is 1.44. The summed E-state index contributed by atoms with van der Waals surface area (Å²) in [5.41, 5.74) is 3.59.